The zero-order chi connectivity index (χ0) is 16.5. The first-order valence-corrected chi connectivity index (χ1v) is 9.09. The summed E-state index contributed by atoms with van der Waals surface area (Å²) in [5.41, 5.74) is 2.43. The van der Waals surface area contributed by atoms with Gasteiger partial charge in [0.15, 0.2) is 0 Å². The first-order chi connectivity index (χ1) is 11.7. The summed E-state index contributed by atoms with van der Waals surface area (Å²) in [4.78, 5) is 2.42. The number of nitrogens with zero attached hydrogens (tertiary/aromatic N) is 2. The van der Waals surface area contributed by atoms with Gasteiger partial charge in [-0.1, -0.05) is 43.3 Å². The van der Waals surface area contributed by atoms with E-state index >= 15 is 0 Å². The van der Waals surface area contributed by atoms with E-state index < -0.39 is 0 Å². The Morgan fingerprint density at radius 2 is 1.46 bits per heavy atom. The minimum Gasteiger partial charge on any atom is -0.390 e. The van der Waals surface area contributed by atoms with Crippen LogP contribution in [0.2, 0.25) is 0 Å². The predicted octanol–water partition coefficient (Wildman–Crippen LogP) is 3.89. The van der Waals surface area contributed by atoms with Crippen LogP contribution in [0, 0.1) is 5.92 Å². The van der Waals surface area contributed by atoms with Crippen molar-refractivity contribution in [3.05, 3.63) is 48.5 Å². The van der Waals surface area contributed by atoms with Crippen molar-refractivity contribution >= 4 is 21.8 Å². The molecule has 1 atom stereocenters. The van der Waals surface area contributed by atoms with Crippen LogP contribution in [0.5, 0.6) is 0 Å². The van der Waals surface area contributed by atoms with Gasteiger partial charge < -0.3 is 14.6 Å². The quantitative estimate of drug-likeness (QED) is 0.789. The number of benzene rings is 2. The van der Waals surface area contributed by atoms with Gasteiger partial charge in [-0.05, 0) is 44.0 Å². The second kappa shape index (κ2) is 6.58. The molecule has 1 aliphatic rings. The van der Waals surface area contributed by atoms with E-state index in [4.69, 9.17) is 0 Å². The molecule has 2 heterocycles. The Bertz CT molecular complexity index is 777. The molecule has 0 radical (unpaired) electrons. The maximum atomic E-state index is 10.7. The van der Waals surface area contributed by atoms with Gasteiger partial charge in [-0.15, -0.1) is 0 Å². The fourth-order valence-corrected chi connectivity index (χ4v) is 4.01. The third-order valence-corrected chi connectivity index (χ3v) is 5.42. The lowest BCUT2D eigenvalue weighted by molar-refractivity contribution is 0.0817. The maximum absolute atomic E-state index is 10.7. The van der Waals surface area contributed by atoms with Gasteiger partial charge in [0.1, 0.15) is 0 Å². The summed E-state index contributed by atoms with van der Waals surface area (Å²) in [6.45, 7) is 5.98. The number of hydrogen-bond acceptors (Lipinski definition) is 2. The minimum atomic E-state index is -0.336. The molecule has 24 heavy (non-hydrogen) atoms. The van der Waals surface area contributed by atoms with Crippen LogP contribution in [-0.2, 0) is 6.54 Å². The van der Waals surface area contributed by atoms with Crippen molar-refractivity contribution in [1.29, 1.82) is 0 Å². The first kappa shape index (κ1) is 15.7. The number of para-hydroxylation sites is 2. The van der Waals surface area contributed by atoms with Gasteiger partial charge in [0.05, 0.1) is 12.6 Å². The van der Waals surface area contributed by atoms with Crippen LogP contribution >= 0.6 is 0 Å². The summed E-state index contributed by atoms with van der Waals surface area (Å²) >= 11 is 0. The smallest absolute Gasteiger partial charge is 0.0845 e. The molecule has 2 aromatic carbocycles. The number of piperidine rings is 1. The van der Waals surface area contributed by atoms with Gasteiger partial charge in [-0.2, -0.15) is 0 Å². The van der Waals surface area contributed by atoms with Crippen LogP contribution in [-0.4, -0.2) is 40.3 Å². The second-order valence-corrected chi connectivity index (χ2v) is 7.28. The van der Waals surface area contributed by atoms with Crippen LogP contribution in [0.4, 0.5) is 0 Å². The maximum Gasteiger partial charge on any atom is 0.0845 e. The van der Waals surface area contributed by atoms with E-state index in [1.165, 1.54) is 34.6 Å². The summed E-state index contributed by atoms with van der Waals surface area (Å²) < 4.78 is 2.28. The van der Waals surface area contributed by atoms with Gasteiger partial charge in [0.25, 0.3) is 0 Å². The molecule has 0 spiro atoms. The molecule has 1 aliphatic heterocycles. The number of rotatable bonds is 4. The minimum absolute atomic E-state index is 0.336. The normalized spacial score (nSPS) is 18.4. The summed E-state index contributed by atoms with van der Waals surface area (Å²) in [6.07, 6.45) is 2.17. The van der Waals surface area contributed by atoms with E-state index in [1.807, 2.05) is 0 Å². The van der Waals surface area contributed by atoms with E-state index in [0.29, 0.717) is 6.54 Å². The van der Waals surface area contributed by atoms with Crippen LogP contribution < -0.4 is 0 Å². The van der Waals surface area contributed by atoms with Gasteiger partial charge in [-0.3, -0.25) is 0 Å². The number of hydrogen-bond donors (Lipinski definition) is 1. The molecule has 3 nitrogen and oxygen atoms in total. The average molecular weight is 322 g/mol. The summed E-state index contributed by atoms with van der Waals surface area (Å²) in [5.74, 6) is 0.829. The van der Waals surface area contributed by atoms with Crippen molar-refractivity contribution in [1.82, 2.24) is 9.47 Å². The summed E-state index contributed by atoms with van der Waals surface area (Å²) in [7, 11) is 0. The third kappa shape index (κ3) is 2.94. The monoisotopic (exact) mass is 322 g/mol. The molecule has 3 aromatic rings. The van der Waals surface area contributed by atoms with Gasteiger partial charge >= 0.3 is 0 Å². The van der Waals surface area contributed by atoms with Gasteiger partial charge in [0, 0.05) is 28.4 Å². The lowest BCUT2D eigenvalue weighted by atomic mass is 9.99. The Morgan fingerprint density at radius 3 is 2.04 bits per heavy atom. The Labute approximate surface area is 143 Å². The van der Waals surface area contributed by atoms with Crippen molar-refractivity contribution < 1.29 is 5.11 Å². The molecule has 0 bridgehead atoms. The highest BCUT2D eigenvalue weighted by atomic mass is 16.3. The molecule has 126 valence electrons. The number of aromatic nitrogens is 1. The Balaban J connectivity index is 1.59. The molecule has 1 aromatic heterocycles. The van der Waals surface area contributed by atoms with Crippen LogP contribution in [0.15, 0.2) is 48.5 Å². The molecular formula is C21H26N2O. The molecule has 1 saturated heterocycles. The number of aliphatic hydroxyl groups excluding tert-OH is 1. The zero-order valence-corrected chi connectivity index (χ0v) is 14.4. The lowest BCUT2D eigenvalue weighted by Crippen LogP contribution is -2.39. The predicted molar refractivity (Wildman–Crippen MR) is 100 cm³/mol. The van der Waals surface area contributed by atoms with Gasteiger partial charge in [-0.25, -0.2) is 0 Å². The second-order valence-electron chi connectivity index (χ2n) is 7.28. The van der Waals surface area contributed by atoms with Crippen molar-refractivity contribution in [3.63, 3.8) is 0 Å². The van der Waals surface area contributed by atoms with Crippen LogP contribution in [0.3, 0.4) is 0 Å². The standard InChI is InChI=1S/C21H26N2O/c1-16-10-12-22(13-11-16)14-17(24)15-23-20-8-4-2-6-18(20)19-7-3-5-9-21(19)23/h2-9,16-17,24H,10-15H2,1H3/t17-/m1/s1. The molecule has 0 saturated carbocycles. The van der Waals surface area contributed by atoms with E-state index in [0.717, 1.165) is 25.6 Å². The van der Waals surface area contributed by atoms with Crippen molar-refractivity contribution in [2.45, 2.75) is 32.4 Å². The molecular weight excluding hydrogens is 296 g/mol. The van der Waals surface area contributed by atoms with E-state index in [9.17, 15) is 5.11 Å². The van der Waals surface area contributed by atoms with Crippen molar-refractivity contribution in [2.24, 2.45) is 5.92 Å². The van der Waals surface area contributed by atoms with E-state index in [1.54, 1.807) is 0 Å². The fraction of sp³-hybridized carbons (Fsp3) is 0.429. The Hall–Kier alpha value is -1.84. The van der Waals surface area contributed by atoms with Crippen LogP contribution in [0.1, 0.15) is 19.8 Å². The number of aliphatic hydroxyl groups is 1. The van der Waals surface area contributed by atoms with Gasteiger partial charge in [0.2, 0.25) is 0 Å². The molecule has 1 N–H and O–H groups in total. The highest BCUT2D eigenvalue weighted by molar-refractivity contribution is 6.07. The number of fused-ring (bicyclic) bond motifs is 3. The summed E-state index contributed by atoms with van der Waals surface area (Å²) in [6, 6.07) is 17.0. The van der Waals surface area contributed by atoms with Crippen molar-refractivity contribution in [3.8, 4) is 0 Å². The third-order valence-electron chi connectivity index (χ3n) is 5.42. The first-order valence-electron chi connectivity index (χ1n) is 9.09. The SMILES string of the molecule is CC1CCN(C[C@@H](O)Cn2c3ccccc3c3ccccc32)CC1. The molecule has 3 heteroatoms. The van der Waals surface area contributed by atoms with Crippen molar-refractivity contribution in [2.75, 3.05) is 19.6 Å². The Kier molecular flexibility index (Phi) is 4.30. The number of likely N-dealkylation sites (tertiary alicyclic amines) is 1. The fourth-order valence-electron chi connectivity index (χ4n) is 4.01. The summed E-state index contributed by atoms with van der Waals surface area (Å²) in [5, 5.41) is 13.2. The largest absolute Gasteiger partial charge is 0.390 e. The molecule has 0 aliphatic carbocycles. The molecule has 1 fully saturated rings. The molecule has 4 rings (SSSR count). The Morgan fingerprint density at radius 1 is 0.917 bits per heavy atom. The topological polar surface area (TPSA) is 28.4 Å². The average Bonchev–Trinajstić information content (AvgIpc) is 2.92. The highest BCUT2D eigenvalue weighted by Crippen LogP contribution is 2.29. The highest BCUT2D eigenvalue weighted by Gasteiger charge is 2.19. The zero-order valence-electron chi connectivity index (χ0n) is 14.4. The number of β-amino-alcohol motifs (C(OH)–C–C–N with tert-alkyl or cyclic N) is 1. The van der Waals surface area contributed by atoms with E-state index in [2.05, 4.69) is 64.9 Å². The lowest BCUT2D eigenvalue weighted by Gasteiger charge is -2.31. The van der Waals surface area contributed by atoms with Crippen LogP contribution in [0.25, 0.3) is 21.8 Å². The van der Waals surface area contributed by atoms with E-state index in [-0.39, 0.29) is 6.10 Å². The molecule has 0 unspecified atom stereocenters. The molecule has 0 amide bonds.